The summed E-state index contributed by atoms with van der Waals surface area (Å²) in [4.78, 5) is 15.1. The molecule has 0 unspecified atom stereocenters. The molecule has 1 saturated carbocycles. The quantitative estimate of drug-likeness (QED) is 0.841. The Labute approximate surface area is 135 Å². The third-order valence-corrected chi connectivity index (χ3v) is 5.96. The first-order valence-corrected chi connectivity index (χ1v) is 9.50. The second-order valence-electron chi connectivity index (χ2n) is 7.69. The average molecular weight is 307 g/mol. The molecular formula is C18H33N3O. The summed E-state index contributed by atoms with van der Waals surface area (Å²) in [7, 11) is 0. The Morgan fingerprint density at radius 2 is 1.77 bits per heavy atom. The standard InChI is InChI=1S/C18H33N3O/c1-14-13-15(7-10-19-14)18(22)20-16-8-11-21(12-9-16)17-5-3-2-4-6-17/h14-17,19H,2-13H2,1H3,(H,20,22)/t14-,15-/m0/s1. The van der Waals surface area contributed by atoms with Gasteiger partial charge >= 0.3 is 0 Å². The fraction of sp³-hybridized carbons (Fsp3) is 0.944. The van der Waals surface area contributed by atoms with Crippen LogP contribution in [-0.4, -0.2) is 48.6 Å². The molecule has 0 bridgehead atoms. The van der Waals surface area contributed by atoms with E-state index in [1.807, 2.05) is 0 Å². The van der Waals surface area contributed by atoms with Gasteiger partial charge in [0.15, 0.2) is 0 Å². The van der Waals surface area contributed by atoms with E-state index in [1.165, 1.54) is 45.2 Å². The summed E-state index contributed by atoms with van der Waals surface area (Å²) in [6.07, 6.45) is 11.3. The first-order valence-electron chi connectivity index (χ1n) is 9.50. The Hall–Kier alpha value is -0.610. The molecule has 1 amide bonds. The van der Waals surface area contributed by atoms with Crippen LogP contribution in [0.4, 0.5) is 0 Å². The second-order valence-corrected chi connectivity index (χ2v) is 7.69. The highest BCUT2D eigenvalue weighted by molar-refractivity contribution is 5.79. The summed E-state index contributed by atoms with van der Waals surface area (Å²) >= 11 is 0. The van der Waals surface area contributed by atoms with Crippen molar-refractivity contribution in [1.82, 2.24) is 15.5 Å². The van der Waals surface area contributed by atoms with E-state index < -0.39 is 0 Å². The minimum atomic E-state index is 0.229. The minimum absolute atomic E-state index is 0.229. The molecule has 126 valence electrons. The summed E-state index contributed by atoms with van der Waals surface area (Å²) in [6, 6.07) is 1.73. The van der Waals surface area contributed by atoms with Gasteiger partial charge in [0, 0.05) is 37.1 Å². The van der Waals surface area contributed by atoms with E-state index in [9.17, 15) is 4.79 Å². The molecule has 0 aromatic rings. The molecule has 4 nitrogen and oxygen atoms in total. The fourth-order valence-corrected chi connectivity index (χ4v) is 4.54. The number of likely N-dealkylation sites (tertiary alicyclic amines) is 1. The van der Waals surface area contributed by atoms with Gasteiger partial charge in [-0.1, -0.05) is 19.3 Å². The molecule has 0 aromatic heterocycles. The Balaban J connectivity index is 1.40. The predicted octanol–water partition coefficient (Wildman–Crippen LogP) is 2.29. The fourth-order valence-electron chi connectivity index (χ4n) is 4.54. The minimum Gasteiger partial charge on any atom is -0.353 e. The highest BCUT2D eigenvalue weighted by atomic mass is 16.1. The second kappa shape index (κ2) is 7.78. The number of hydrogen-bond donors (Lipinski definition) is 2. The Bertz CT molecular complexity index is 359. The Kier molecular flexibility index (Phi) is 5.75. The van der Waals surface area contributed by atoms with Gasteiger partial charge in [-0.2, -0.15) is 0 Å². The van der Waals surface area contributed by atoms with Gasteiger partial charge < -0.3 is 15.5 Å². The van der Waals surface area contributed by atoms with Crippen LogP contribution in [0.25, 0.3) is 0 Å². The molecule has 1 aliphatic carbocycles. The molecule has 2 heterocycles. The van der Waals surface area contributed by atoms with E-state index in [2.05, 4.69) is 22.5 Å². The molecule has 3 fully saturated rings. The van der Waals surface area contributed by atoms with Crippen LogP contribution in [0.2, 0.25) is 0 Å². The Morgan fingerprint density at radius 1 is 1.05 bits per heavy atom. The maximum absolute atomic E-state index is 12.4. The number of piperidine rings is 2. The largest absolute Gasteiger partial charge is 0.353 e. The molecular weight excluding hydrogens is 274 g/mol. The van der Waals surface area contributed by atoms with Crippen molar-refractivity contribution in [1.29, 1.82) is 0 Å². The van der Waals surface area contributed by atoms with Crippen molar-refractivity contribution in [2.24, 2.45) is 5.92 Å². The van der Waals surface area contributed by atoms with Crippen LogP contribution in [0.3, 0.4) is 0 Å². The zero-order valence-electron chi connectivity index (χ0n) is 14.2. The smallest absolute Gasteiger partial charge is 0.223 e. The van der Waals surface area contributed by atoms with Gasteiger partial charge in [0.05, 0.1) is 0 Å². The van der Waals surface area contributed by atoms with Gasteiger partial charge in [-0.25, -0.2) is 0 Å². The van der Waals surface area contributed by atoms with Crippen molar-refractivity contribution >= 4 is 5.91 Å². The van der Waals surface area contributed by atoms with Crippen molar-refractivity contribution in [3.05, 3.63) is 0 Å². The summed E-state index contributed by atoms with van der Waals surface area (Å²) in [5.41, 5.74) is 0. The zero-order chi connectivity index (χ0) is 15.4. The van der Waals surface area contributed by atoms with Crippen molar-refractivity contribution in [3.63, 3.8) is 0 Å². The van der Waals surface area contributed by atoms with E-state index in [0.717, 1.165) is 38.3 Å². The molecule has 3 rings (SSSR count). The maximum atomic E-state index is 12.4. The van der Waals surface area contributed by atoms with Crippen molar-refractivity contribution in [2.45, 2.75) is 82.8 Å². The summed E-state index contributed by atoms with van der Waals surface area (Å²) in [5.74, 6) is 0.539. The molecule has 2 N–H and O–H groups in total. The molecule has 0 aromatic carbocycles. The third kappa shape index (κ3) is 4.23. The number of rotatable bonds is 3. The lowest BCUT2D eigenvalue weighted by Gasteiger charge is -2.40. The third-order valence-electron chi connectivity index (χ3n) is 5.96. The predicted molar refractivity (Wildman–Crippen MR) is 89.8 cm³/mol. The lowest BCUT2D eigenvalue weighted by Crippen LogP contribution is -2.50. The van der Waals surface area contributed by atoms with Crippen LogP contribution < -0.4 is 10.6 Å². The van der Waals surface area contributed by atoms with Gasteiger partial charge in [0.1, 0.15) is 0 Å². The van der Waals surface area contributed by atoms with E-state index in [0.29, 0.717) is 18.0 Å². The van der Waals surface area contributed by atoms with Gasteiger partial charge in [-0.15, -0.1) is 0 Å². The lowest BCUT2D eigenvalue weighted by molar-refractivity contribution is -0.127. The Morgan fingerprint density at radius 3 is 2.45 bits per heavy atom. The average Bonchev–Trinajstić information content (AvgIpc) is 2.56. The molecule has 2 saturated heterocycles. The molecule has 0 spiro atoms. The van der Waals surface area contributed by atoms with E-state index in [-0.39, 0.29) is 5.92 Å². The van der Waals surface area contributed by atoms with Crippen LogP contribution in [0.15, 0.2) is 0 Å². The zero-order valence-corrected chi connectivity index (χ0v) is 14.2. The summed E-state index contributed by atoms with van der Waals surface area (Å²) in [6.45, 7) is 5.53. The number of hydrogen-bond acceptors (Lipinski definition) is 3. The molecule has 4 heteroatoms. The van der Waals surface area contributed by atoms with Crippen LogP contribution >= 0.6 is 0 Å². The van der Waals surface area contributed by atoms with Crippen LogP contribution in [-0.2, 0) is 4.79 Å². The topological polar surface area (TPSA) is 44.4 Å². The van der Waals surface area contributed by atoms with Gasteiger partial charge in [-0.05, 0) is 52.0 Å². The van der Waals surface area contributed by atoms with E-state index in [4.69, 9.17) is 0 Å². The van der Waals surface area contributed by atoms with Gasteiger partial charge in [-0.3, -0.25) is 4.79 Å². The summed E-state index contributed by atoms with van der Waals surface area (Å²) in [5, 5.41) is 6.77. The van der Waals surface area contributed by atoms with Crippen LogP contribution in [0.1, 0.15) is 64.7 Å². The monoisotopic (exact) mass is 307 g/mol. The van der Waals surface area contributed by atoms with Crippen molar-refractivity contribution < 1.29 is 4.79 Å². The van der Waals surface area contributed by atoms with Crippen molar-refractivity contribution in [3.8, 4) is 0 Å². The molecule has 3 aliphatic rings. The normalized spacial score (nSPS) is 32.8. The van der Waals surface area contributed by atoms with E-state index >= 15 is 0 Å². The first-order chi connectivity index (χ1) is 10.7. The van der Waals surface area contributed by atoms with Crippen LogP contribution in [0, 0.1) is 5.92 Å². The maximum Gasteiger partial charge on any atom is 0.223 e. The summed E-state index contributed by atoms with van der Waals surface area (Å²) < 4.78 is 0. The number of nitrogens with zero attached hydrogens (tertiary/aromatic N) is 1. The van der Waals surface area contributed by atoms with Crippen molar-refractivity contribution in [2.75, 3.05) is 19.6 Å². The molecule has 2 aliphatic heterocycles. The van der Waals surface area contributed by atoms with E-state index in [1.54, 1.807) is 0 Å². The lowest BCUT2D eigenvalue weighted by atomic mass is 9.90. The number of carbonyl (C=O) groups excluding carboxylic acids is 1. The highest BCUT2D eigenvalue weighted by Gasteiger charge is 2.29. The molecule has 22 heavy (non-hydrogen) atoms. The van der Waals surface area contributed by atoms with Crippen LogP contribution in [0.5, 0.6) is 0 Å². The number of carbonyl (C=O) groups is 1. The molecule has 0 radical (unpaired) electrons. The number of amides is 1. The van der Waals surface area contributed by atoms with Gasteiger partial charge in [0.25, 0.3) is 0 Å². The first kappa shape index (κ1) is 16.3. The highest BCUT2D eigenvalue weighted by Crippen LogP contribution is 2.25. The van der Waals surface area contributed by atoms with Gasteiger partial charge in [0.2, 0.25) is 5.91 Å². The number of nitrogens with one attached hydrogen (secondary N) is 2. The molecule has 2 atom stereocenters. The SMILES string of the molecule is C[C@H]1C[C@@H](C(=O)NC2CCN(C3CCCCC3)CC2)CCN1.